The van der Waals surface area contributed by atoms with Crippen molar-refractivity contribution in [2.24, 2.45) is 5.73 Å². The van der Waals surface area contributed by atoms with E-state index in [2.05, 4.69) is 16.0 Å². The predicted molar refractivity (Wildman–Crippen MR) is 127 cm³/mol. The fourth-order valence-electron chi connectivity index (χ4n) is 3.23. The molecule has 192 valence electrons. The van der Waals surface area contributed by atoms with Crippen LogP contribution in [-0.2, 0) is 36.8 Å². The number of aromatic hydroxyl groups is 1. The van der Waals surface area contributed by atoms with Crippen LogP contribution in [0.4, 0.5) is 0 Å². The van der Waals surface area contributed by atoms with Crippen molar-refractivity contribution in [3.63, 3.8) is 0 Å². The minimum absolute atomic E-state index is 0.00130. The molecule has 0 bridgehead atoms. The maximum absolute atomic E-state index is 12.5. The lowest BCUT2D eigenvalue weighted by Crippen LogP contribution is -2.54. The summed E-state index contributed by atoms with van der Waals surface area (Å²) in [5.74, 6) is -5.21. The number of phenols is 1. The number of carboxylic acid groups (broad SMARTS) is 2. The van der Waals surface area contributed by atoms with Gasteiger partial charge in [0, 0.05) is 6.42 Å². The van der Waals surface area contributed by atoms with E-state index in [4.69, 9.17) is 10.8 Å². The molecule has 0 aliphatic carbocycles. The van der Waals surface area contributed by atoms with E-state index in [-0.39, 0.29) is 18.6 Å². The highest BCUT2D eigenvalue weighted by atomic mass is 16.4. The van der Waals surface area contributed by atoms with Gasteiger partial charge in [-0.15, -0.1) is 0 Å². The molecule has 36 heavy (non-hydrogen) atoms. The van der Waals surface area contributed by atoms with Gasteiger partial charge >= 0.3 is 11.9 Å². The summed E-state index contributed by atoms with van der Waals surface area (Å²) >= 11 is 0. The van der Waals surface area contributed by atoms with Gasteiger partial charge in [0.1, 0.15) is 17.8 Å². The summed E-state index contributed by atoms with van der Waals surface area (Å²) in [7, 11) is 0. The molecule has 0 spiro atoms. The van der Waals surface area contributed by atoms with E-state index in [1.807, 2.05) is 0 Å². The fourth-order valence-corrected chi connectivity index (χ4v) is 3.23. The third-order valence-corrected chi connectivity index (χ3v) is 5.08. The summed E-state index contributed by atoms with van der Waals surface area (Å²) in [4.78, 5) is 59.9. The zero-order valence-electron chi connectivity index (χ0n) is 19.2. The van der Waals surface area contributed by atoms with E-state index in [0.717, 1.165) is 5.56 Å². The molecule has 8 N–H and O–H groups in total. The van der Waals surface area contributed by atoms with E-state index in [1.54, 1.807) is 30.3 Å². The molecule has 0 saturated carbocycles. The molecule has 0 aromatic heterocycles. The second kappa shape index (κ2) is 13.4. The number of carboxylic acids is 2. The van der Waals surface area contributed by atoms with Crippen LogP contribution in [0.5, 0.6) is 5.75 Å². The Bertz CT molecular complexity index is 1080. The number of amides is 3. The van der Waals surface area contributed by atoms with Gasteiger partial charge in [-0.2, -0.15) is 0 Å². The average molecular weight is 501 g/mol. The summed E-state index contributed by atoms with van der Waals surface area (Å²) in [5.41, 5.74) is 7.20. The van der Waals surface area contributed by atoms with Gasteiger partial charge < -0.3 is 37.0 Å². The maximum atomic E-state index is 12.5. The molecule has 0 aliphatic heterocycles. The molecule has 0 heterocycles. The number of carbonyl (C=O) groups is 5. The largest absolute Gasteiger partial charge is 0.508 e. The summed E-state index contributed by atoms with van der Waals surface area (Å²) in [6.07, 6.45) is -0.670. The van der Waals surface area contributed by atoms with Crippen molar-refractivity contribution < 1.29 is 39.3 Å². The molecular weight excluding hydrogens is 472 g/mol. The van der Waals surface area contributed by atoms with Gasteiger partial charge in [-0.1, -0.05) is 42.5 Å². The van der Waals surface area contributed by atoms with Gasteiger partial charge in [-0.3, -0.25) is 19.2 Å². The predicted octanol–water partition coefficient (Wildman–Crippen LogP) is -0.850. The lowest BCUT2D eigenvalue weighted by atomic mass is 10.1. The number of benzene rings is 2. The molecule has 12 heteroatoms. The first kappa shape index (κ1) is 27.8. The van der Waals surface area contributed by atoms with E-state index in [1.165, 1.54) is 24.3 Å². The van der Waals surface area contributed by atoms with Crippen molar-refractivity contribution in [1.29, 1.82) is 0 Å². The van der Waals surface area contributed by atoms with Crippen molar-refractivity contribution in [3.8, 4) is 5.75 Å². The average Bonchev–Trinajstić information content (AvgIpc) is 2.83. The van der Waals surface area contributed by atoms with Gasteiger partial charge in [-0.25, -0.2) is 4.79 Å². The molecule has 2 aromatic rings. The first-order valence-corrected chi connectivity index (χ1v) is 10.9. The van der Waals surface area contributed by atoms with Gasteiger partial charge in [0.2, 0.25) is 17.7 Å². The molecule has 0 fully saturated rings. The number of hydrogen-bond acceptors (Lipinski definition) is 7. The number of nitrogens with two attached hydrogens (primary N) is 1. The molecule has 3 atom stereocenters. The first-order valence-electron chi connectivity index (χ1n) is 10.9. The molecule has 3 unspecified atom stereocenters. The molecular formula is C24H28N4O8. The van der Waals surface area contributed by atoms with E-state index >= 15 is 0 Å². The normalized spacial score (nSPS) is 13.0. The Morgan fingerprint density at radius 3 is 1.97 bits per heavy atom. The number of hydrogen-bond donors (Lipinski definition) is 7. The Morgan fingerprint density at radius 1 is 0.778 bits per heavy atom. The van der Waals surface area contributed by atoms with Gasteiger partial charge in [0.05, 0.1) is 19.0 Å². The fraction of sp³-hybridized carbons (Fsp3) is 0.292. The lowest BCUT2D eigenvalue weighted by molar-refractivity contribution is -0.142. The zero-order valence-corrected chi connectivity index (χ0v) is 19.2. The number of rotatable bonds is 13. The van der Waals surface area contributed by atoms with Crippen molar-refractivity contribution in [1.82, 2.24) is 16.0 Å². The third-order valence-electron chi connectivity index (χ3n) is 5.08. The summed E-state index contributed by atoms with van der Waals surface area (Å²) in [6, 6.07) is 10.7. The van der Waals surface area contributed by atoms with Crippen LogP contribution < -0.4 is 21.7 Å². The van der Waals surface area contributed by atoms with Crippen LogP contribution in [0.1, 0.15) is 17.5 Å². The van der Waals surface area contributed by atoms with Crippen LogP contribution in [0.25, 0.3) is 0 Å². The second-order valence-electron chi connectivity index (χ2n) is 8.00. The highest BCUT2D eigenvalue weighted by Gasteiger charge is 2.27. The number of nitrogens with one attached hydrogen (secondary N) is 3. The number of carbonyl (C=O) groups excluding carboxylic acids is 3. The van der Waals surface area contributed by atoms with Crippen LogP contribution in [0, 0.1) is 0 Å². The van der Waals surface area contributed by atoms with E-state index in [0.29, 0.717) is 5.56 Å². The monoisotopic (exact) mass is 500 g/mol. The van der Waals surface area contributed by atoms with Crippen LogP contribution in [0.2, 0.25) is 0 Å². The molecule has 0 aliphatic rings. The molecule has 12 nitrogen and oxygen atoms in total. The summed E-state index contributed by atoms with van der Waals surface area (Å²) in [6.45, 7) is -0.653. The third kappa shape index (κ3) is 9.43. The Labute approximate surface area is 206 Å². The minimum atomic E-state index is -1.50. The van der Waals surface area contributed by atoms with Crippen LogP contribution in [-0.4, -0.2) is 69.7 Å². The SMILES string of the molecule is NC(Cc1ccccc1)C(=O)NC(CC(=O)O)C(=O)NCC(=O)NC(Cc1ccc(O)cc1)C(=O)O. The van der Waals surface area contributed by atoms with Crippen LogP contribution in [0.15, 0.2) is 54.6 Å². The van der Waals surface area contributed by atoms with Crippen LogP contribution >= 0.6 is 0 Å². The highest BCUT2D eigenvalue weighted by molar-refractivity contribution is 5.94. The zero-order chi connectivity index (χ0) is 26.7. The quantitative estimate of drug-likeness (QED) is 0.182. The van der Waals surface area contributed by atoms with Gasteiger partial charge in [-0.05, 0) is 29.7 Å². The minimum Gasteiger partial charge on any atom is -0.508 e. The smallest absolute Gasteiger partial charge is 0.326 e. The molecule has 0 saturated heterocycles. The second-order valence-corrected chi connectivity index (χ2v) is 8.00. The molecule has 2 rings (SSSR count). The Morgan fingerprint density at radius 2 is 1.39 bits per heavy atom. The highest BCUT2D eigenvalue weighted by Crippen LogP contribution is 2.11. The van der Waals surface area contributed by atoms with E-state index < -0.39 is 60.8 Å². The Hall–Kier alpha value is -4.45. The van der Waals surface area contributed by atoms with Gasteiger partial charge in [0.15, 0.2) is 0 Å². The standard InChI is InChI=1S/C24H28N4O8/c25-17(10-14-4-2-1-3-5-14)22(33)28-18(12-21(31)32)23(34)26-13-20(30)27-19(24(35)36)11-15-6-8-16(29)9-7-15/h1-9,17-19,29H,10-13,25H2,(H,26,34)(H,27,30)(H,28,33)(H,31,32)(H,35,36). The van der Waals surface area contributed by atoms with Crippen molar-refractivity contribution in [3.05, 3.63) is 65.7 Å². The lowest BCUT2D eigenvalue weighted by Gasteiger charge is -2.20. The molecule has 0 radical (unpaired) electrons. The number of aliphatic carboxylic acids is 2. The number of phenolic OH excluding ortho intramolecular Hbond substituents is 1. The topological polar surface area (TPSA) is 208 Å². The Kier molecular flexibility index (Phi) is 10.4. The van der Waals surface area contributed by atoms with Crippen molar-refractivity contribution in [2.75, 3.05) is 6.54 Å². The molecule has 3 amide bonds. The maximum Gasteiger partial charge on any atom is 0.326 e. The van der Waals surface area contributed by atoms with E-state index in [9.17, 15) is 34.2 Å². The van der Waals surface area contributed by atoms with Crippen LogP contribution in [0.3, 0.4) is 0 Å². The van der Waals surface area contributed by atoms with Crippen molar-refractivity contribution in [2.45, 2.75) is 37.4 Å². The summed E-state index contributed by atoms with van der Waals surface area (Å²) in [5, 5.41) is 34.6. The Balaban J connectivity index is 1.92. The van der Waals surface area contributed by atoms with Crippen molar-refractivity contribution >= 4 is 29.7 Å². The first-order chi connectivity index (χ1) is 17.0. The van der Waals surface area contributed by atoms with Gasteiger partial charge in [0.25, 0.3) is 0 Å². The summed E-state index contributed by atoms with van der Waals surface area (Å²) < 4.78 is 0. The molecule has 2 aromatic carbocycles.